The summed E-state index contributed by atoms with van der Waals surface area (Å²) in [4.78, 5) is 37.9. The zero-order valence-electron chi connectivity index (χ0n) is 39.7. The van der Waals surface area contributed by atoms with Crippen LogP contribution >= 0.6 is 0 Å². The number of esters is 3. The first kappa shape index (κ1) is 57.6. The van der Waals surface area contributed by atoms with E-state index in [-0.39, 0.29) is 31.1 Å². The molecule has 6 heteroatoms. The van der Waals surface area contributed by atoms with Crippen molar-refractivity contribution in [3.63, 3.8) is 0 Å². The maximum Gasteiger partial charge on any atom is 0.306 e. The molecular weight excluding hydrogens is 757 g/mol. The Balaban J connectivity index is 4.40. The van der Waals surface area contributed by atoms with Crippen molar-refractivity contribution in [1.82, 2.24) is 0 Å². The Morgan fingerprint density at radius 3 is 1.02 bits per heavy atom. The molecule has 0 amide bonds. The smallest absolute Gasteiger partial charge is 0.306 e. The van der Waals surface area contributed by atoms with Crippen molar-refractivity contribution in [1.29, 1.82) is 0 Å². The molecule has 0 radical (unpaired) electrons. The summed E-state index contributed by atoms with van der Waals surface area (Å²) in [6.45, 7) is 6.35. The molecule has 1 atom stereocenters. The highest BCUT2D eigenvalue weighted by Crippen LogP contribution is 2.13. The second-order valence-electron chi connectivity index (χ2n) is 16.3. The van der Waals surface area contributed by atoms with Gasteiger partial charge < -0.3 is 14.2 Å². The molecule has 348 valence electrons. The fourth-order valence-electron chi connectivity index (χ4n) is 6.64. The van der Waals surface area contributed by atoms with Crippen LogP contribution < -0.4 is 0 Å². The molecule has 0 saturated carbocycles. The van der Waals surface area contributed by atoms with Gasteiger partial charge >= 0.3 is 17.9 Å². The molecule has 6 nitrogen and oxygen atoms in total. The zero-order chi connectivity index (χ0) is 44.4. The van der Waals surface area contributed by atoms with Gasteiger partial charge in [-0.05, 0) is 109 Å². The van der Waals surface area contributed by atoms with Crippen LogP contribution in [-0.2, 0) is 28.6 Å². The molecular formula is C55H92O6. The van der Waals surface area contributed by atoms with Crippen LogP contribution in [0.4, 0.5) is 0 Å². The average molecular weight is 849 g/mol. The molecule has 0 N–H and O–H groups in total. The van der Waals surface area contributed by atoms with Crippen LogP contribution in [0, 0.1) is 0 Å². The van der Waals surface area contributed by atoms with Crippen molar-refractivity contribution in [2.24, 2.45) is 0 Å². The highest BCUT2D eigenvalue weighted by atomic mass is 16.6. The SMILES string of the molecule is CC/C=C\C/C=C\C/C=C\C/C=C\CCCCCCCCC(=O)OCC(COC(=O)CCCCCCC/C=C\CCCCC)OC(=O)CCCCCCC/C=C\C/C=C\CC. The van der Waals surface area contributed by atoms with E-state index < -0.39 is 6.10 Å². The summed E-state index contributed by atoms with van der Waals surface area (Å²) in [5.74, 6) is -0.933. The normalized spacial score (nSPS) is 12.8. The van der Waals surface area contributed by atoms with Crippen molar-refractivity contribution in [3.8, 4) is 0 Å². The van der Waals surface area contributed by atoms with Gasteiger partial charge in [-0.1, -0.05) is 183 Å². The number of unbranched alkanes of at least 4 members (excludes halogenated alkanes) is 19. The Labute approximate surface area is 375 Å². The quantitative estimate of drug-likeness (QED) is 0.0263. The van der Waals surface area contributed by atoms with Gasteiger partial charge in [0.05, 0.1) is 0 Å². The van der Waals surface area contributed by atoms with E-state index in [9.17, 15) is 14.4 Å². The van der Waals surface area contributed by atoms with Crippen LogP contribution in [0.25, 0.3) is 0 Å². The molecule has 0 fully saturated rings. The van der Waals surface area contributed by atoms with Crippen molar-refractivity contribution in [2.45, 2.75) is 232 Å². The first-order valence-corrected chi connectivity index (χ1v) is 25.1. The molecule has 1 unspecified atom stereocenters. The molecule has 0 saturated heterocycles. The van der Waals surface area contributed by atoms with Gasteiger partial charge in [-0.3, -0.25) is 14.4 Å². The summed E-state index contributed by atoms with van der Waals surface area (Å²) in [5.41, 5.74) is 0. The van der Waals surface area contributed by atoms with E-state index in [4.69, 9.17) is 14.2 Å². The Morgan fingerprint density at radius 1 is 0.344 bits per heavy atom. The largest absolute Gasteiger partial charge is 0.462 e. The van der Waals surface area contributed by atoms with Crippen LogP contribution in [0.5, 0.6) is 0 Å². The van der Waals surface area contributed by atoms with Gasteiger partial charge in [0.1, 0.15) is 13.2 Å². The molecule has 0 aliphatic heterocycles. The summed E-state index contributed by atoms with van der Waals surface area (Å²) in [7, 11) is 0. The maximum atomic E-state index is 12.8. The van der Waals surface area contributed by atoms with Gasteiger partial charge in [0.2, 0.25) is 0 Å². The van der Waals surface area contributed by atoms with E-state index in [1.807, 2.05) is 0 Å². The molecule has 0 aliphatic rings. The lowest BCUT2D eigenvalue weighted by atomic mass is 10.1. The number of carbonyl (C=O) groups excluding carboxylic acids is 3. The highest BCUT2D eigenvalue weighted by Gasteiger charge is 2.19. The highest BCUT2D eigenvalue weighted by molar-refractivity contribution is 5.71. The molecule has 61 heavy (non-hydrogen) atoms. The molecule has 0 aromatic rings. The maximum absolute atomic E-state index is 12.8. The van der Waals surface area contributed by atoms with Gasteiger partial charge in [-0.2, -0.15) is 0 Å². The standard InChI is InChI=1S/C55H92O6/c1-4-7-10-13-16-19-22-25-26-27-28-29-30-31-34-36-39-42-45-48-54(57)60-51-52(61-55(58)49-46-43-40-37-33-24-21-18-15-12-9-6-3)50-59-53(56)47-44-41-38-35-32-23-20-17-14-11-8-5-2/h7,9-10,12,16-21,25-26,28-29,52H,4-6,8,11,13-15,22-24,27,30-51H2,1-3H3/b10-7-,12-9-,19-16-,20-17-,21-18-,26-25-,29-28-. The van der Waals surface area contributed by atoms with E-state index in [0.29, 0.717) is 19.3 Å². The van der Waals surface area contributed by atoms with E-state index in [1.54, 1.807) is 0 Å². The third kappa shape index (κ3) is 47.5. The number of hydrogen-bond donors (Lipinski definition) is 0. The molecule has 0 bridgehead atoms. The average Bonchev–Trinajstić information content (AvgIpc) is 3.26. The van der Waals surface area contributed by atoms with Crippen molar-refractivity contribution in [3.05, 3.63) is 85.1 Å². The van der Waals surface area contributed by atoms with Crippen LogP contribution in [-0.4, -0.2) is 37.2 Å². The summed E-state index contributed by atoms with van der Waals surface area (Å²) in [6, 6.07) is 0. The van der Waals surface area contributed by atoms with Crippen molar-refractivity contribution >= 4 is 17.9 Å². The van der Waals surface area contributed by atoms with Crippen LogP contribution in [0.1, 0.15) is 226 Å². The third-order valence-corrected chi connectivity index (χ3v) is 10.4. The van der Waals surface area contributed by atoms with E-state index in [2.05, 4.69) is 106 Å². The molecule has 0 aromatic heterocycles. The summed E-state index contributed by atoms with van der Waals surface area (Å²) in [5, 5.41) is 0. The Bertz CT molecular complexity index is 1200. The van der Waals surface area contributed by atoms with Crippen molar-refractivity contribution < 1.29 is 28.6 Å². The third-order valence-electron chi connectivity index (χ3n) is 10.4. The second kappa shape index (κ2) is 49.2. The first-order valence-electron chi connectivity index (χ1n) is 25.1. The van der Waals surface area contributed by atoms with Crippen LogP contribution in [0.15, 0.2) is 85.1 Å². The summed E-state index contributed by atoms with van der Waals surface area (Å²) >= 11 is 0. The Hall–Kier alpha value is -3.41. The van der Waals surface area contributed by atoms with Gasteiger partial charge in [-0.25, -0.2) is 0 Å². The van der Waals surface area contributed by atoms with Gasteiger partial charge in [0.15, 0.2) is 6.10 Å². The van der Waals surface area contributed by atoms with Crippen LogP contribution in [0.2, 0.25) is 0 Å². The lowest BCUT2D eigenvalue weighted by molar-refractivity contribution is -0.167. The molecule has 0 spiro atoms. The van der Waals surface area contributed by atoms with E-state index in [0.717, 1.165) is 135 Å². The number of hydrogen-bond acceptors (Lipinski definition) is 6. The molecule has 0 heterocycles. The monoisotopic (exact) mass is 849 g/mol. The lowest BCUT2D eigenvalue weighted by Gasteiger charge is -2.18. The van der Waals surface area contributed by atoms with Gasteiger partial charge in [-0.15, -0.1) is 0 Å². The van der Waals surface area contributed by atoms with E-state index in [1.165, 1.54) is 51.4 Å². The second-order valence-corrected chi connectivity index (χ2v) is 16.3. The van der Waals surface area contributed by atoms with Crippen LogP contribution in [0.3, 0.4) is 0 Å². The van der Waals surface area contributed by atoms with Gasteiger partial charge in [0.25, 0.3) is 0 Å². The summed E-state index contributed by atoms with van der Waals surface area (Å²) in [6.07, 6.45) is 62.8. The zero-order valence-corrected chi connectivity index (χ0v) is 39.7. The Kier molecular flexibility index (Phi) is 46.5. The fraction of sp³-hybridized carbons (Fsp3) is 0.691. The molecule has 0 rings (SSSR count). The number of rotatable bonds is 44. The minimum absolute atomic E-state index is 0.0922. The predicted molar refractivity (Wildman–Crippen MR) is 261 cm³/mol. The molecule has 0 aliphatic carbocycles. The minimum Gasteiger partial charge on any atom is -0.462 e. The van der Waals surface area contributed by atoms with Crippen molar-refractivity contribution in [2.75, 3.05) is 13.2 Å². The Morgan fingerprint density at radius 2 is 0.639 bits per heavy atom. The first-order chi connectivity index (χ1) is 30.0. The number of carbonyl (C=O) groups is 3. The number of allylic oxidation sites excluding steroid dienone is 14. The van der Waals surface area contributed by atoms with E-state index >= 15 is 0 Å². The fourth-order valence-corrected chi connectivity index (χ4v) is 6.64. The molecule has 0 aromatic carbocycles. The summed E-state index contributed by atoms with van der Waals surface area (Å²) < 4.78 is 16.7. The lowest BCUT2D eigenvalue weighted by Crippen LogP contribution is -2.30. The van der Waals surface area contributed by atoms with Gasteiger partial charge in [0, 0.05) is 19.3 Å². The topological polar surface area (TPSA) is 78.9 Å². The number of ether oxygens (including phenoxy) is 3. The minimum atomic E-state index is -0.792. The predicted octanol–water partition coefficient (Wildman–Crippen LogP) is 16.4.